The maximum atomic E-state index is 11.9. The lowest BCUT2D eigenvalue weighted by Gasteiger charge is -2.21. The Morgan fingerprint density at radius 2 is 2.19 bits per heavy atom. The lowest BCUT2D eigenvalue weighted by molar-refractivity contribution is -0.127. The summed E-state index contributed by atoms with van der Waals surface area (Å²) in [6.07, 6.45) is 1.02. The Morgan fingerprint density at radius 3 is 2.81 bits per heavy atom. The first-order chi connectivity index (χ1) is 12.4. The van der Waals surface area contributed by atoms with Gasteiger partial charge in [-0.25, -0.2) is 4.99 Å². The monoisotopic (exact) mass is 400 g/mol. The zero-order chi connectivity index (χ0) is 19.1. The molecule has 0 bridgehead atoms. The first kappa shape index (κ1) is 20.8. The van der Waals surface area contributed by atoms with Crippen molar-refractivity contribution in [1.29, 1.82) is 0 Å². The minimum absolute atomic E-state index is 0.0625. The number of halogens is 2. The summed E-state index contributed by atoms with van der Waals surface area (Å²) in [5.74, 6) is 0.957. The number of aliphatic imine (C=N–C) groups is 1. The third-order valence-electron chi connectivity index (χ3n) is 4.24. The summed E-state index contributed by atoms with van der Waals surface area (Å²) in [6.45, 7) is 4.34. The Kier molecular flexibility index (Phi) is 8.00. The Labute approximate surface area is 164 Å². The maximum Gasteiger partial charge on any atom is 0.243 e. The van der Waals surface area contributed by atoms with Crippen molar-refractivity contribution < 1.29 is 9.53 Å². The number of nitrogens with zero attached hydrogens (tertiary/aromatic N) is 2. The number of hydrogen-bond acceptors (Lipinski definition) is 3. The van der Waals surface area contributed by atoms with Gasteiger partial charge in [-0.15, -0.1) is 0 Å². The van der Waals surface area contributed by atoms with Crippen LogP contribution in [0.2, 0.25) is 10.0 Å². The summed E-state index contributed by atoms with van der Waals surface area (Å²) in [5, 5.41) is 7.80. The Bertz CT molecular complexity index is 646. The molecule has 1 heterocycles. The van der Waals surface area contributed by atoms with Crippen LogP contribution in [0.4, 0.5) is 0 Å². The summed E-state index contributed by atoms with van der Waals surface area (Å²) in [6, 6.07) is 5.30. The van der Waals surface area contributed by atoms with Gasteiger partial charge in [-0.05, 0) is 31.0 Å². The maximum absolute atomic E-state index is 11.9. The van der Waals surface area contributed by atoms with Crippen LogP contribution in [0.25, 0.3) is 0 Å². The highest BCUT2D eigenvalue weighted by atomic mass is 35.5. The molecule has 6 nitrogen and oxygen atoms in total. The predicted molar refractivity (Wildman–Crippen MR) is 106 cm³/mol. The largest absolute Gasteiger partial charge is 0.381 e. The smallest absolute Gasteiger partial charge is 0.243 e. The van der Waals surface area contributed by atoms with Gasteiger partial charge in [0.2, 0.25) is 5.91 Å². The lowest BCUT2D eigenvalue weighted by Crippen LogP contribution is -2.42. The van der Waals surface area contributed by atoms with Crippen LogP contribution >= 0.6 is 23.2 Å². The zero-order valence-corrected chi connectivity index (χ0v) is 16.9. The van der Waals surface area contributed by atoms with Crippen molar-refractivity contribution in [2.45, 2.75) is 19.4 Å². The van der Waals surface area contributed by atoms with Crippen molar-refractivity contribution in [1.82, 2.24) is 15.5 Å². The zero-order valence-electron chi connectivity index (χ0n) is 15.4. The molecule has 1 aromatic rings. The molecule has 2 atom stereocenters. The molecule has 0 radical (unpaired) electrons. The van der Waals surface area contributed by atoms with E-state index >= 15 is 0 Å². The van der Waals surface area contributed by atoms with Crippen molar-refractivity contribution in [2.75, 3.05) is 40.4 Å². The second-order valence-corrected chi connectivity index (χ2v) is 7.44. The van der Waals surface area contributed by atoms with Gasteiger partial charge in [0, 0.05) is 43.2 Å². The molecule has 1 fully saturated rings. The minimum atomic E-state index is -0.0969. The van der Waals surface area contributed by atoms with Crippen LogP contribution in [0.3, 0.4) is 0 Å². The Hall–Kier alpha value is -1.50. The number of carbonyl (C=O) groups is 1. The van der Waals surface area contributed by atoms with Crippen molar-refractivity contribution in [3.8, 4) is 0 Å². The van der Waals surface area contributed by atoms with Gasteiger partial charge in [-0.3, -0.25) is 4.79 Å². The Morgan fingerprint density at radius 1 is 1.42 bits per heavy atom. The van der Waals surface area contributed by atoms with E-state index in [2.05, 4.69) is 15.6 Å². The van der Waals surface area contributed by atoms with E-state index in [9.17, 15) is 4.79 Å². The van der Waals surface area contributed by atoms with E-state index in [1.165, 1.54) is 4.90 Å². The van der Waals surface area contributed by atoms with Gasteiger partial charge in [-0.2, -0.15) is 0 Å². The first-order valence-corrected chi connectivity index (χ1v) is 9.40. The van der Waals surface area contributed by atoms with Crippen LogP contribution < -0.4 is 10.6 Å². The third-order valence-corrected chi connectivity index (χ3v) is 4.80. The average Bonchev–Trinajstić information content (AvgIpc) is 3.10. The van der Waals surface area contributed by atoms with Gasteiger partial charge in [0.05, 0.1) is 12.6 Å². The standard InChI is InChI=1S/C18H26Cl2N4O2/c1-12(15-5-4-14(19)8-16(15)20)23-18(22-10-17(25)24(2)3)21-9-13-6-7-26-11-13/h4-5,8,12-13H,6-7,9-11H2,1-3H3,(H2,21,22,23). The SMILES string of the molecule is CC(NC(=NCC(=O)N(C)C)NCC1CCOC1)c1ccc(Cl)cc1Cl. The van der Waals surface area contributed by atoms with E-state index in [-0.39, 0.29) is 18.5 Å². The van der Waals surface area contributed by atoms with E-state index in [0.29, 0.717) is 21.9 Å². The highest BCUT2D eigenvalue weighted by Gasteiger charge is 2.17. The summed E-state index contributed by atoms with van der Waals surface area (Å²) in [7, 11) is 3.43. The number of likely N-dealkylation sites (N-methyl/N-ethyl adjacent to an activating group) is 1. The van der Waals surface area contributed by atoms with Crippen LogP contribution in [0, 0.1) is 5.92 Å². The topological polar surface area (TPSA) is 66.0 Å². The van der Waals surface area contributed by atoms with Crippen LogP contribution in [-0.2, 0) is 9.53 Å². The molecule has 0 spiro atoms. The van der Waals surface area contributed by atoms with E-state index in [1.54, 1.807) is 26.2 Å². The molecule has 2 unspecified atom stereocenters. The first-order valence-electron chi connectivity index (χ1n) is 8.64. The summed E-state index contributed by atoms with van der Waals surface area (Å²) in [5.41, 5.74) is 0.911. The fraction of sp³-hybridized carbons (Fsp3) is 0.556. The summed E-state index contributed by atoms with van der Waals surface area (Å²) in [4.78, 5) is 17.8. The van der Waals surface area contributed by atoms with E-state index in [0.717, 1.165) is 31.7 Å². The summed E-state index contributed by atoms with van der Waals surface area (Å²) >= 11 is 12.3. The van der Waals surface area contributed by atoms with Gasteiger partial charge < -0.3 is 20.3 Å². The third kappa shape index (κ3) is 6.34. The number of hydrogen-bond donors (Lipinski definition) is 2. The molecule has 26 heavy (non-hydrogen) atoms. The van der Waals surface area contributed by atoms with Crippen LogP contribution in [0.15, 0.2) is 23.2 Å². The van der Waals surface area contributed by atoms with E-state index < -0.39 is 0 Å². The quantitative estimate of drug-likeness (QED) is 0.568. The van der Waals surface area contributed by atoms with Gasteiger partial charge in [0.1, 0.15) is 6.54 Å². The van der Waals surface area contributed by atoms with Gasteiger partial charge >= 0.3 is 0 Å². The molecule has 2 rings (SSSR count). The molecule has 1 saturated heterocycles. The molecular formula is C18H26Cl2N4O2. The molecule has 2 N–H and O–H groups in total. The number of rotatable bonds is 6. The molecular weight excluding hydrogens is 375 g/mol. The minimum Gasteiger partial charge on any atom is -0.381 e. The molecule has 1 amide bonds. The summed E-state index contributed by atoms with van der Waals surface area (Å²) < 4.78 is 5.41. The highest BCUT2D eigenvalue weighted by molar-refractivity contribution is 6.35. The fourth-order valence-corrected chi connectivity index (χ4v) is 3.13. The van der Waals surface area contributed by atoms with Crippen LogP contribution in [-0.4, -0.2) is 57.2 Å². The second kappa shape index (κ2) is 10.00. The highest BCUT2D eigenvalue weighted by Crippen LogP contribution is 2.26. The van der Waals surface area contributed by atoms with Crippen molar-refractivity contribution >= 4 is 35.1 Å². The number of benzene rings is 1. The molecule has 1 aliphatic rings. The number of ether oxygens (including phenoxy) is 1. The number of nitrogens with one attached hydrogen (secondary N) is 2. The van der Waals surface area contributed by atoms with E-state index in [1.807, 2.05) is 13.0 Å². The second-order valence-electron chi connectivity index (χ2n) is 6.60. The van der Waals surface area contributed by atoms with Gasteiger partial charge in [0.15, 0.2) is 5.96 Å². The molecule has 8 heteroatoms. The molecule has 1 aliphatic heterocycles. The van der Waals surface area contributed by atoms with Crippen molar-refractivity contribution in [3.05, 3.63) is 33.8 Å². The Balaban J connectivity index is 2.05. The molecule has 144 valence electrons. The van der Waals surface area contributed by atoms with Gasteiger partial charge in [0.25, 0.3) is 0 Å². The average molecular weight is 401 g/mol. The van der Waals surface area contributed by atoms with Crippen molar-refractivity contribution in [3.63, 3.8) is 0 Å². The normalized spacial score (nSPS) is 18.5. The van der Waals surface area contributed by atoms with Crippen LogP contribution in [0.5, 0.6) is 0 Å². The van der Waals surface area contributed by atoms with E-state index in [4.69, 9.17) is 27.9 Å². The lowest BCUT2D eigenvalue weighted by atomic mass is 10.1. The molecule has 0 aromatic heterocycles. The van der Waals surface area contributed by atoms with Gasteiger partial charge in [-0.1, -0.05) is 29.3 Å². The number of amides is 1. The number of carbonyl (C=O) groups excluding carboxylic acids is 1. The van der Waals surface area contributed by atoms with Crippen molar-refractivity contribution in [2.24, 2.45) is 10.9 Å². The molecule has 0 saturated carbocycles. The predicted octanol–water partition coefficient (Wildman–Crippen LogP) is 2.71. The number of guanidine groups is 1. The fourth-order valence-electron chi connectivity index (χ4n) is 2.56. The van der Waals surface area contributed by atoms with Crippen LogP contribution in [0.1, 0.15) is 24.9 Å². The molecule has 1 aromatic carbocycles. The molecule has 0 aliphatic carbocycles.